The molecule has 6 heteroatoms. The summed E-state index contributed by atoms with van der Waals surface area (Å²) >= 11 is 1.40. The molecule has 0 aromatic carbocycles. The fourth-order valence-corrected chi connectivity index (χ4v) is 2.17. The number of hydrogen-bond donors (Lipinski definition) is 0. The molecule has 0 spiro atoms. The van der Waals surface area contributed by atoms with Crippen LogP contribution < -0.4 is 51.4 Å². The second kappa shape index (κ2) is 4.77. The zero-order chi connectivity index (χ0) is 6.91. The Labute approximate surface area is 105 Å². The van der Waals surface area contributed by atoms with Crippen LogP contribution in [0, 0.1) is 0 Å². The largest absolute Gasteiger partial charge is 1.00 e. The van der Waals surface area contributed by atoms with Crippen molar-refractivity contribution in [2.75, 3.05) is 11.5 Å². The molecular weight excluding hydrogens is 187 g/mol. The van der Waals surface area contributed by atoms with Crippen molar-refractivity contribution in [3.63, 3.8) is 0 Å². The van der Waals surface area contributed by atoms with E-state index in [0.717, 1.165) is 0 Å². The van der Waals surface area contributed by atoms with Crippen LogP contribution in [0.25, 0.3) is 0 Å². The molecule has 1 saturated heterocycles. The van der Waals surface area contributed by atoms with Gasteiger partial charge in [-0.05, 0) is 11.5 Å². The zero-order valence-electron chi connectivity index (χ0n) is 5.82. The Morgan fingerprint density at radius 1 is 1.30 bits per heavy atom. The third-order valence-corrected chi connectivity index (χ3v) is 2.69. The van der Waals surface area contributed by atoms with Gasteiger partial charge in [0.1, 0.15) is 0 Å². The van der Waals surface area contributed by atoms with E-state index in [9.17, 15) is 12.9 Å². The summed E-state index contributed by atoms with van der Waals surface area (Å²) in [5, 5.41) is 0. The molecule has 0 bridgehead atoms. The van der Waals surface area contributed by atoms with Crippen LogP contribution in [0.15, 0.2) is 0 Å². The summed E-state index contributed by atoms with van der Waals surface area (Å²) in [7, 11) is 0. The maximum absolute atomic E-state index is 11.8. The van der Waals surface area contributed by atoms with Gasteiger partial charge < -0.3 is 12.9 Å². The van der Waals surface area contributed by atoms with Gasteiger partial charge in [0.25, 0.3) is 0 Å². The second-order valence-corrected chi connectivity index (χ2v) is 3.40. The van der Waals surface area contributed by atoms with Crippen LogP contribution in [0.5, 0.6) is 0 Å². The van der Waals surface area contributed by atoms with Crippen molar-refractivity contribution < 1.29 is 64.3 Å². The average Bonchev–Trinajstić information content (AvgIpc) is 2.08. The second-order valence-electron chi connectivity index (χ2n) is 2.25. The van der Waals surface area contributed by atoms with Gasteiger partial charge in [-0.3, -0.25) is 0 Å². The molecule has 1 atom stereocenters. The van der Waals surface area contributed by atoms with Crippen LogP contribution in [0.3, 0.4) is 0 Å². The monoisotopic (exact) mass is 194 g/mol. The molecule has 1 rings (SSSR count). The smallest absolute Gasteiger partial charge is 0.449 e. The van der Waals surface area contributed by atoms with Crippen molar-refractivity contribution in [3.05, 3.63) is 0 Å². The summed E-state index contributed by atoms with van der Waals surface area (Å²) in [6.07, 6.45) is 0.341. The summed E-state index contributed by atoms with van der Waals surface area (Å²) in [5.74, 6) is 0.0186. The Morgan fingerprint density at radius 2 is 1.90 bits per heavy atom. The van der Waals surface area contributed by atoms with Gasteiger partial charge in [-0.1, -0.05) is 12.2 Å². The predicted octanol–water partition coefficient (Wildman–Crippen LogP) is -0.655. The van der Waals surface area contributed by atoms with Gasteiger partial charge in [-0.15, -0.1) is 0 Å². The Morgan fingerprint density at radius 3 is 2.10 bits per heavy atom. The normalized spacial score (nSPS) is 26.1. The van der Waals surface area contributed by atoms with Crippen LogP contribution in [0.2, 0.25) is 5.82 Å². The summed E-state index contributed by atoms with van der Waals surface area (Å²) in [6, 6.07) is 0. The van der Waals surface area contributed by atoms with Crippen molar-refractivity contribution in [2.45, 2.75) is 12.2 Å². The Bertz CT molecular complexity index is 101. The van der Waals surface area contributed by atoms with Crippen molar-refractivity contribution in [1.82, 2.24) is 0 Å². The van der Waals surface area contributed by atoms with Gasteiger partial charge in [0.2, 0.25) is 0 Å². The maximum atomic E-state index is 11.8. The summed E-state index contributed by atoms with van der Waals surface area (Å²) < 4.78 is 35.4. The number of hydrogen-bond acceptors (Lipinski definition) is 1. The summed E-state index contributed by atoms with van der Waals surface area (Å²) in [6.45, 7) is -4.53. The van der Waals surface area contributed by atoms with Gasteiger partial charge in [0.05, 0.1) is 0 Å². The molecule has 0 nitrogen and oxygen atoms in total. The van der Waals surface area contributed by atoms with Crippen molar-refractivity contribution in [2.24, 2.45) is 0 Å². The molecule has 1 unspecified atom stereocenters. The van der Waals surface area contributed by atoms with Gasteiger partial charge in [-0.25, -0.2) is 0 Å². The number of rotatable bonds is 1. The van der Waals surface area contributed by atoms with Crippen molar-refractivity contribution >= 4 is 18.7 Å². The molecule has 0 aromatic rings. The minimum absolute atomic E-state index is 0. The van der Waals surface area contributed by atoms with E-state index >= 15 is 0 Å². The van der Waals surface area contributed by atoms with E-state index in [1.165, 1.54) is 11.8 Å². The Balaban J connectivity index is 0.000000810. The van der Waals surface area contributed by atoms with Crippen LogP contribution in [0.4, 0.5) is 12.9 Å². The van der Waals surface area contributed by atoms with Gasteiger partial charge in [0.15, 0.2) is 0 Å². The SMILES string of the molecule is F[B-](F)(F)C1CCSC1.[K+]. The van der Waals surface area contributed by atoms with Crippen LogP contribution in [-0.4, -0.2) is 18.5 Å². The van der Waals surface area contributed by atoms with Crippen molar-refractivity contribution in [3.8, 4) is 0 Å². The summed E-state index contributed by atoms with van der Waals surface area (Å²) in [4.78, 5) is 0. The predicted molar refractivity (Wildman–Crippen MR) is 34.8 cm³/mol. The van der Waals surface area contributed by atoms with E-state index < -0.39 is 12.8 Å². The molecule has 0 N–H and O–H groups in total. The van der Waals surface area contributed by atoms with Crippen LogP contribution in [0.1, 0.15) is 6.42 Å². The fourth-order valence-electron chi connectivity index (χ4n) is 0.851. The minimum Gasteiger partial charge on any atom is -0.449 e. The van der Waals surface area contributed by atoms with E-state index in [-0.39, 0.29) is 51.4 Å². The molecule has 0 radical (unpaired) electrons. The maximum Gasteiger partial charge on any atom is 1.00 e. The summed E-state index contributed by atoms with van der Waals surface area (Å²) in [5.41, 5.74) is 0. The third-order valence-electron chi connectivity index (χ3n) is 1.50. The van der Waals surface area contributed by atoms with E-state index in [2.05, 4.69) is 0 Å². The molecule has 0 saturated carbocycles. The third kappa shape index (κ3) is 3.49. The van der Waals surface area contributed by atoms with E-state index in [1.807, 2.05) is 0 Å². The average molecular weight is 194 g/mol. The molecule has 0 amide bonds. The van der Waals surface area contributed by atoms with Gasteiger partial charge >= 0.3 is 58.4 Å². The van der Waals surface area contributed by atoms with Crippen LogP contribution >= 0.6 is 11.8 Å². The van der Waals surface area contributed by atoms with Gasteiger partial charge in [-0.2, -0.15) is 11.8 Å². The first-order chi connectivity index (χ1) is 4.11. The number of thioether (sulfide) groups is 1. The molecule has 1 heterocycles. The Kier molecular flexibility index (Phi) is 5.64. The molecular formula is C4H7BF3KS. The topological polar surface area (TPSA) is 0 Å². The standard InChI is InChI=1S/C4H7BF3S.K/c6-5(7,8)4-1-2-9-3-4;/h4H,1-3H2;/q-1;+1. The molecule has 1 fully saturated rings. The first-order valence-electron chi connectivity index (χ1n) is 2.88. The molecule has 1 aliphatic heterocycles. The molecule has 1 aliphatic rings. The van der Waals surface area contributed by atoms with Gasteiger partial charge in [0, 0.05) is 0 Å². The number of halogens is 3. The van der Waals surface area contributed by atoms with E-state index in [1.54, 1.807) is 0 Å². The molecule has 10 heavy (non-hydrogen) atoms. The fraction of sp³-hybridized carbons (Fsp3) is 1.00. The Hall–Kier alpha value is 1.84. The molecule has 0 aliphatic carbocycles. The first kappa shape index (κ1) is 11.8. The van der Waals surface area contributed by atoms with E-state index in [0.29, 0.717) is 17.9 Å². The quantitative estimate of drug-likeness (QED) is 0.499. The zero-order valence-corrected chi connectivity index (χ0v) is 9.76. The van der Waals surface area contributed by atoms with E-state index in [4.69, 9.17) is 0 Å². The first-order valence-corrected chi connectivity index (χ1v) is 4.04. The molecule has 0 aromatic heterocycles. The van der Waals surface area contributed by atoms with Crippen LogP contribution in [-0.2, 0) is 0 Å². The van der Waals surface area contributed by atoms with Crippen molar-refractivity contribution in [1.29, 1.82) is 0 Å². The molecule has 54 valence electrons. The minimum atomic E-state index is -4.53.